The van der Waals surface area contributed by atoms with Crippen LogP contribution in [0.1, 0.15) is 9.67 Å². The molecular formula is C17H14FN3O4S2. The number of halogens is 1. The topological polar surface area (TPSA) is 111 Å². The summed E-state index contributed by atoms with van der Waals surface area (Å²) >= 11 is 1.18. The van der Waals surface area contributed by atoms with E-state index in [1.165, 1.54) is 17.4 Å². The van der Waals surface area contributed by atoms with Gasteiger partial charge in [0, 0.05) is 15.6 Å². The molecule has 140 valence electrons. The summed E-state index contributed by atoms with van der Waals surface area (Å²) in [6.45, 7) is 0. The van der Waals surface area contributed by atoms with Gasteiger partial charge in [-0.15, -0.1) is 11.3 Å². The molecule has 0 unspecified atom stereocenters. The first kappa shape index (κ1) is 18.8. The number of nitrogens with two attached hydrogens (primary N) is 1. The number of carbonyl (C=O) groups is 1. The molecule has 1 amide bonds. The summed E-state index contributed by atoms with van der Waals surface area (Å²) in [5.74, 6) is -1.46. The van der Waals surface area contributed by atoms with Crippen LogP contribution in [0.3, 0.4) is 0 Å². The zero-order valence-corrected chi connectivity index (χ0v) is 15.6. The third kappa shape index (κ3) is 4.41. The molecule has 27 heavy (non-hydrogen) atoms. The molecule has 1 heterocycles. The van der Waals surface area contributed by atoms with E-state index < -0.39 is 22.0 Å². The van der Waals surface area contributed by atoms with E-state index in [2.05, 4.69) is 14.8 Å². The van der Waals surface area contributed by atoms with Crippen molar-refractivity contribution in [2.45, 2.75) is 0 Å². The molecule has 0 fully saturated rings. The molecule has 3 rings (SSSR count). The van der Waals surface area contributed by atoms with Crippen LogP contribution in [0, 0.1) is 5.82 Å². The summed E-state index contributed by atoms with van der Waals surface area (Å²) in [7, 11) is -3.83. The lowest BCUT2D eigenvalue weighted by atomic mass is 10.0. The van der Waals surface area contributed by atoms with Gasteiger partial charge in [-0.2, -0.15) is 8.42 Å². The molecule has 0 saturated carbocycles. The fourth-order valence-corrected chi connectivity index (χ4v) is 3.59. The van der Waals surface area contributed by atoms with Gasteiger partial charge in [0.1, 0.15) is 5.82 Å². The van der Waals surface area contributed by atoms with Crippen molar-refractivity contribution in [3.63, 3.8) is 0 Å². The molecule has 1 aromatic heterocycles. The van der Waals surface area contributed by atoms with Crippen molar-refractivity contribution in [1.82, 2.24) is 5.32 Å². The number of thiophene rings is 1. The highest BCUT2D eigenvalue weighted by atomic mass is 32.2. The Kier molecular flexibility index (Phi) is 5.10. The number of oxime groups is 1. The average Bonchev–Trinajstić information content (AvgIpc) is 3.04. The van der Waals surface area contributed by atoms with Crippen molar-refractivity contribution in [3.05, 3.63) is 59.2 Å². The summed E-state index contributed by atoms with van der Waals surface area (Å²) in [5, 5.41) is 6.07. The van der Waals surface area contributed by atoms with Gasteiger partial charge in [0.15, 0.2) is 0 Å². The Labute approximate surface area is 158 Å². The van der Waals surface area contributed by atoms with Crippen LogP contribution >= 0.6 is 11.3 Å². The number of benzene rings is 2. The minimum Gasteiger partial charge on any atom is -0.367 e. The van der Waals surface area contributed by atoms with Gasteiger partial charge in [0.25, 0.3) is 5.91 Å². The largest absolute Gasteiger partial charge is 0.367 e. The summed E-state index contributed by atoms with van der Waals surface area (Å²) in [6.07, 6.45) is 0.793. The van der Waals surface area contributed by atoms with Crippen molar-refractivity contribution < 1.29 is 21.9 Å². The highest BCUT2D eigenvalue weighted by molar-refractivity contribution is 7.85. The Morgan fingerprint density at radius 3 is 2.59 bits per heavy atom. The molecule has 0 aliphatic rings. The number of fused-ring (bicyclic) bond motifs is 1. The first-order valence-corrected chi connectivity index (χ1v) is 10.2. The molecule has 0 bridgehead atoms. The van der Waals surface area contributed by atoms with E-state index in [9.17, 15) is 17.6 Å². The van der Waals surface area contributed by atoms with Gasteiger partial charge in [-0.05, 0) is 28.9 Å². The Bertz CT molecular complexity index is 1160. The highest BCUT2D eigenvalue weighted by Crippen LogP contribution is 2.35. The van der Waals surface area contributed by atoms with Crippen LogP contribution in [-0.4, -0.2) is 26.5 Å². The maximum absolute atomic E-state index is 14.2. The number of hydrogen-bond donors (Lipinski definition) is 2. The van der Waals surface area contributed by atoms with Crippen LogP contribution in [0.15, 0.2) is 53.7 Å². The van der Waals surface area contributed by atoms with E-state index >= 15 is 0 Å². The smallest absolute Gasteiger partial charge is 0.325 e. The maximum atomic E-state index is 14.2. The molecule has 0 atom stereocenters. The molecular weight excluding hydrogens is 393 g/mol. The van der Waals surface area contributed by atoms with Crippen LogP contribution in [0.5, 0.6) is 0 Å². The summed E-state index contributed by atoms with van der Waals surface area (Å²) in [4.78, 5) is 12.6. The van der Waals surface area contributed by atoms with Gasteiger partial charge in [-0.1, -0.05) is 30.3 Å². The van der Waals surface area contributed by atoms with Gasteiger partial charge >= 0.3 is 10.1 Å². The lowest BCUT2D eigenvalue weighted by Crippen LogP contribution is -2.36. The predicted molar refractivity (Wildman–Crippen MR) is 102 cm³/mol. The Morgan fingerprint density at radius 1 is 1.19 bits per heavy atom. The number of amides is 1. The van der Waals surface area contributed by atoms with Crippen LogP contribution in [0.2, 0.25) is 0 Å². The second-order valence-electron chi connectivity index (χ2n) is 5.52. The Balaban J connectivity index is 1.92. The number of rotatable bonds is 4. The summed E-state index contributed by atoms with van der Waals surface area (Å²) < 4.78 is 40.9. The lowest BCUT2D eigenvalue weighted by Gasteiger charge is -2.04. The number of nitrogens with one attached hydrogen (secondary N) is 1. The Morgan fingerprint density at radius 2 is 1.89 bits per heavy atom. The average molecular weight is 407 g/mol. The number of hydrogen-bond acceptors (Lipinski definition) is 6. The number of nitrogens with zero attached hydrogens (tertiary/aromatic N) is 1. The number of carbonyl (C=O) groups excluding carboxylic acids is 1. The van der Waals surface area contributed by atoms with Crippen LogP contribution < -0.4 is 11.1 Å². The summed E-state index contributed by atoms with van der Waals surface area (Å²) in [6, 6.07) is 13.3. The van der Waals surface area contributed by atoms with Gasteiger partial charge in [0.2, 0.25) is 5.96 Å². The standard InChI is InChI=1S/C17H14FN3O4S2/c1-27(23,24)25-21-17(19)20-16(22)15-9-12-10(6-4-8-14(12)26-15)11-5-2-3-7-13(11)18/h2-9H,1H3,(H3,19,20,21,22). The molecule has 7 nitrogen and oxygen atoms in total. The van der Waals surface area contributed by atoms with Gasteiger partial charge < -0.3 is 5.73 Å². The molecule has 10 heteroatoms. The molecule has 0 aliphatic carbocycles. The number of guanidine groups is 1. The SMILES string of the molecule is CS(=O)(=O)ON=C(N)NC(=O)c1cc2c(-c3ccccc3F)cccc2s1. The summed E-state index contributed by atoms with van der Waals surface area (Å²) in [5.41, 5.74) is 6.52. The molecule has 0 spiro atoms. The van der Waals surface area contributed by atoms with E-state index in [4.69, 9.17) is 5.73 Å². The van der Waals surface area contributed by atoms with Crippen molar-refractivity contribution in [2.75, 3.05) is 6.26 Å². The van der Waals surface area contributed by atoms with Gasteiger partial charge in [-0.3, -0.25) is 14.4 Å². The quantitative estimate of drug-likeness (QED) is 0.392. The molecule has 0 radical (unpaired) electrons. The Hall–Kier alpha value is -2.98. The second kappa shape index (κ2) is 7.33. The van der Waals surface area contributed by atoms with Crippen molar-refractivity contribution >= 4 is 43.4 Å². The normalized spacial score (nSPS) is 12.1. The third-order valence-corrected chi connectivity index (χ3v) is 4.91. The van der Waals surface area contributed by atoms with E-state index in [-0.39, 0.29) is 5.82 Å². The fourth-order valence-electron chi connectivity index (χ4n) is 2.40. The zero-order chi connectivity index (χ0) is 19.6. The fraction of sp³-hybridized carbons (Fsp3) is 0.0588. The van der Waals surface area contributed by atoms with E-state index in [0.717, 1.165) is 11.0 Å². The first-order valence-electron chi connectivity index (χ1n) is 7.55. The van der Waals surface area contributed by atoms with Crippen molar-refractivity contribution in [1.29, 1.82) is 0 Å². The van der Waals surface area contributed by atoms with E-state index in [1.807, 2.05) is 6.07 Å². The van der Waals surface area contributed by atoms with E-state index in [1.54, 1.807) is 36.4 Å². The minimum atomic E-state index is -3.83. The first-order chi connectivity index (χ1) is 12.7. The van der Waals surface area contributed by atoms with Gasteiger partial charge in [-0.25, -0.2) is 4.39 Å². The van der Waals surface area contributed by atoms with Crippen molar-refractivity contribution in [3.8, 4) is 11.1 Å². The zero-order valence-electron chi connectivity index (χ0n) is 14.0. The van der Waals surface area contributed by atoms with Crippen LogP contribution in [0.4, 0.5) is 4.39 Å². The van der Waals surface area contributed by atoms with Crippen molar-refractivity contribution in [2.24, 2.45) is 10.9 Å². The lowest BCUT2D eigenvalue weighted by molar-refractivity contribution is 0.0979. The molecule has 0 aliphatic heterocycles. The molecule has 3 N–H and O–H groups in total. The molecule has 2 aromatic carbocycles. The maximum Gasteiger partial charge on any atom is 0.325 e. The molecule has 0 saturated heterocycles. The third-order valence-electron chi connectivity index (χ3n) is 3.46. The van der Waals surface area contributed by atoms with E-state index in [0.29, 0.717) is 21.4 Å². The van der Waals surface area contributed by atoms with Crippen LogP contribution in [0.25, 0.3) is 21.2 Å². The van der Waals surface area contributed by atoms with Crippen LogP contribution in [-0.2, 0) is 14.4 Å². The molecule has 3 aromatic rings. The second-order valence-corrected chi connectivity index (χ2v) is 8.16. The van der Waals surface area contributed by atoms with Gasteiger partial charge in [0.05, 0.1) is 11.1 Å². The predicted octanol–water partition coefficient (Wildman–Crippen LogP) is 2.64. The minimum absolute atomic E-state index is 0.297. The monoisotopic (exact) mass is 407 g/mol. The highest BCUT2D eigenvalue weighted by Gasteiger charge is 2.15.